The highest BCUT2D eigenvalue weighted by atomic mass is 32.2. The van der Waals surface area contributed by atoms with Crippen molar-refractivity contribution in [3.05, 3.63) is 36.2 Å². The summed E-state index contributed by atoms with van der Waals surface area (Å²) < 4.78 is 1.87. The average Bonchev–Trinajstić information content (AvgIpc) is 3.25. The van der Waals surface area contributed by atoms with Gasteiger partial charge in [0.2, 0.25) is 11.1 Å². The van der Waals surface area contributed by atoms with Gasteiger partial charge >= 0.3 is 6.03 Å². The van der Waals surface area contributed by atoms with Crippen molar-refractivity contribution in [1.82, 2.24) is 25.0 Å². The molecule has 2 aromatic rings. The Balaban J connectivity index is 1.55. The molecular weight excluding hydrogens is 338 g/mol. The van der Waals surface area contributed by atoms with Gasteiger partial charge in [-0.15, -0.1) is 5.10 Å². The molecule has 1 aliphatic heterocycles. The smallest absolute Gasteiger partial charge is 0.324 e. The number of para-hydroxylation sites is 1. The molecule has 0 spiro atoms. The Morgan fingerprint density at radius 2 is 2.08 bits per heavy atom. The van der Waals surface area contributed by atoms with Crippen LogP contribution in [0.25, 0.3) is 5.69 Å². The van der Waals surface area contributed by atoms with Crippen LogP contribution < -0.4 is 5.32 Å². The lowest BCUT2D eigenvalue weighted by Crippen LogP contribution is -2.38. The zero-order valence-electron chi connectivity index (χ0n) is 13.9. The quantitative estimate of drug-likeness (QED) is 0.830. The van der Waals surface area contributed by atoms with E-state index in [0.717, 1.165) is 24.4 Å². The summed E-state index contributed by atoms with van der Waals surface area (Å²) in [5.41, 5.74) is 0.974. The molecule has 1 aromatic heterocycles. The lowest BCUT2D eigenvalue weighted by molar-refractivity contribution is -0.126. The topological polar surface area (TPSA) is 80.1 Å². The minimum atomic E-state index is -0.414. The van der Waals surface area contributed by atoms with E-state index in [1.807, 2.05) is 35.0 Å². The molecule has 3 amide bonds. The van der Waals surface area contributed by atoms with Gasteiger partial charge in [0.1, 0.15) is 5.82 Å². The van der Waals surface area contributed by atoms with E-state index in [2.05, 4.69) is 15.4 Å². The van der Waals surface area contributed by atoms with Gasteiger partial charge in [-0.1, -0.05) is 30.0 Å². The minimum Gasteiger partial charge on any atom is -0.336 e. The molecule has 130 valence electrons. The van der Waals surface area contributed by atoms with Gasteiger partial charge in [0.25, 0.3) is 0 Å². The van der Waals surface area contributed by atoms with Crippen molar-refractivity contribution in [2.45, 2.75) is 36.1 Å². The molecule has 0 bridgehead atoms. The maximum absolute atomic E-state index is 12.4. The second-order valence-electron chi connectivity index (χ2n) is 6.26. The van der Waals surface area contributed by atoms with Crippen molar-refractivity contribution in [1.29, 1.82) is 0 Å². The predicted molar refractivity (Wildman–Crippen MR) is 93.8 cm³/mol. The van der Waals surface area contributed by atoms with E-state index in [0.29, 0.717) is 24.2 Å². The number of hydrogen-bond acceptors (Lipinski definition) is 5. The Morgan fingerprint density at radius 3 is 2.72 bits per heavy atom. The standard InChI is InChI=1S/C17H19N5O2S/c1-11(15(23)21-10-9-18-17(21)24)25-16-19-14(12-7-8-12)22(20-16)13-5-3-2-4-6-13/h2-6,11-12H,7-10H2,1H3,(H,18,24). The number of amides is 3. The van der Waals surface area contributed by atoms with Crippen LogP contribution >= 0.6 is 11.8 Å². The number of rotatable bonds is 5. The summed E-state index contributed by atoms with van der Waals surface area (Å²) in [6.07, 6.45) is 2.25. The van der Waals surface area contributed by atoms with E-state index in [4.69, 9.17) is 0 Å². The summed E-state index contributed by atoms with van der Waals surface area (Å²) >= 11 is 1.30. The first-order chi connectivity index (χ1) is 12.1. The van der Waals surface area contributed by atoms with Crippen LogP contribution in [0.2, 0.25) is 0 Å². The molecular formula is C17H19N5O2S. The van der Waals surface area contributed by atoms with Crippen molar-refractivity contribution < 1.29 is 9.59 Å². The molecule has 1 N–H and O–H groups in total. The molecule has 25 heavy (non-hydrogen) atoms. The number of benzene rings is 1. The predicted octanol–water partition coefficient (Wildman–Crippen LogP) is 2.18. The van der Waals surface area contributed by atoms with Crippen molar-refractivity contribution in [3.8, 4) is 5.69 Å². The Morgan fingerprint density at radius 1 is 1.32 bits per heavy atom. The zero-order chi connectivity index (χ0) is 17.4. The van der Waals surface area contributed by atoms with Gasteiger partial charge in [0.05, 0.1) is 10.9 Å². The summed E-state index contributed by atoms with van der Waals surface area (Å²) in [5, 5.41) is 7.42. The molecule has 7 nitrogen and oxygen atoms in total. The number of urea groups is 1. The van der Waals surface area contributed by atoms with Crippen LogP contribution in [-0.2, 0) is 4.79 Å². The largest absolute Gasteiger partial charge is 0.336 e. The Hall–Kier alpha value is -2.35. The minimum absolute atomic E-state index is 0.205. The van der Waals surface area contributed by atoms with Gasteiger partial charge in [-0.2, -0.15) is 0 Å². The van der Waals surface area contributed by atoms with Crippen molar-refractivity contribution >= 4 is 23.7 Å². The Kier molecular flexibility index (Phi) is 4.20. The third-order valence-corrected chi connectivity index (χ3v) is 5.25. The molecule has 1 unspecified atom stereocenters. The lowest BCUT2D eigenvalue weighted by atomic mass is 10.3. The fourth-order valence-corrected chi connectivity index (χ4v) is 3.65. The average molecular weight is 357 g/mol. The third kappa shape index (κ3) is 3.26. The first-order valence-corrected chi connectivity index (χ1v) is 9.29. The molecule has 1 atom stereocenters. The fourth-order valence-electron chi connectivity index (χ4n) is 2.83. The Labute approximate surface area is 149 Å². The highest BCUT2D eigenvalue weighted by Crippen LogP contribution is 2.40. The van der Waals surface area contributed by atoms with Crippen LogP contribution in [0.3, 0.4) is 0 Å². The number of carbonyl (C=O) groups is 2. The summed E-state index contributed by atoms with van der Waals surface area (Å²) in [6, 6.07) is 9.58. The SMILES string of the molecule is CC(Sc1nc(C2CC2)n(-c2ccccc2)n1)C(=O)N1CCNC1=O. The number of nitrogens with one attached hydrogen (secondary N) is 1. The number of carbonyl (C=O) groups excluding carboxylic acids is 2. The van der Waals surface area contributed by atoms with Gasteiger partial charge in [-0.05, 0) is 31.9 Å². The van der Waals surface area contributed by atoms with Crippen molar-refractivity contribution in [3.63, 3.8) is 0 Å². The molecule has 2 fully saturated rings. The molecule has 8 heteroatoms. The molecule has 2 heterocycles. The molecule has 2 aliphatic rings. The number of hydrogen-bond donors (Lipinski definition) is 1. The third-order valence-electron chi connectivity index (χ3n) is 4.31. The van der Waals surface area contributed by atoms with Gasteiger partial charge in [-0.25, -0.2) is 14.5 Å². The van der Waals surface area contributed by atoms with Crippen LogP contribution in [0.15, 0.2) is 35.5 Å². The highest BCUT2D eigenvalue weighted by Gasteiger charge is 2.33. The van der Waals surface area contributed by atoms with E-state index in [-0.39, 0.29) is 11.9 Å². The summed E-state index contributed by atoms with van der Waals surface area (Å²) in [5.74, 6) is 1.19. The maximum atomic E-state index is 12.4. The lowest BCUT2D eigenvalue weighted by Gasteiger charge is -2.16. The zero-order valence-corrected chi connectivity index (χ0v) is 14.7. The van der Waals surface area contributed by atoms with Gasteiger partial charge in [0, 0.05) is 19.0 Å². The van der Waals surface area contributed by atoms with Crippen LogP contribution in [0.5, 0.6) is 0 Å². The summed E-state index contributed by atoms with van der Waals surface area (Å²) in [6.45, 7) is 2.72. The molecule has 1 aromatic carbocycles. The van der Waals surface area contributed by atoms with Crippen LogP contribution in [0.1, 0.15) is 31.5 Å². The summed E-state index contributed by atoms with van der Waals surface area (Å²) in [7, 11) is 0. The number of nitrogens with zero attached hydrogens (tertiary/aromatic N) is 4. The summed E-state index contributed by atoms with van der Waals surface area (Å²) in [4.78, 5) is 30.0. The molecule has 1 saturated carbocycles. The van der Waals surface area contributed by atoms with Gasteiger partial charge < -0.3 is 5.32 Å². The normalized spacial score (nSPS) is 18.3. The Bertz CT molecular complexity index is 803. The molecule has 1 saturated heterocycles. The number of thioether (sulfide) groups is 1. The van der Waals surface area contributed by atoms with Crippen molar-refractivity contribution in [2.75, 3.05) is 13.1 Å². The van der Waals surface area contributed by atoms with Gasteiger partial charge in [0.15, 0.2) is 0 Å². The second-order valence-corrected chi connectivity index (χ2v) is 7.56. The van der Waals surface area contributed by atoms with Gasteiger partial charge in [-0.3, -0.25) is 9.69 Å². The highest BCUT2D eigenvalue weighted by molar-refractivity contribution is 8.00. The van der Waals surface area contributed by atoms with E-state index < -0.39 is 5.25 Å². The maximum Gasteiger partial charge on any atom is 0.324 e. The van der Waals surface area contributed by atoms with Crippen LogP contribution in [0.4, 0.5) is 4.79 Å². The first-order valence-electron chi connectivity index (χ1n) is 8.41. The molecule has 0 radical (unpaired) electrons. The van der Waals surface area contributed by atoms with Crippen LogP contribution in [0, 0.1) is 0 Å². The second kappa shape index (κ2) is 6.51. The van der Waals surface area contributed by atoms with E-state index in [9.17, 15) is 9.59 Å². The van der Waals surface area contributed by atoms with E-state index >= 15 is 0 Å². The first kappa shape index (κ1) is 16.1. The van der Waals surface area contributed by atoms with Crippen LogP contribution in [-0.4, -0.2) is 49.9 Å². The number of imide groups is 1. The number of aromatic nitrogens is 3. The molecule has 1 aliphatic carbocycles. The van der Waals surface area contributed by atoms with Crippen molar-refractivity contribution in [2.24, 2.45) is 0 Å². The van der Waals surface area contributed by atoms with E-state index in [1.165, 1.54) is 16.7 Å². The fraction of sp³-hybridized carbons (Fsp3) is 0.412. The molecule has 4 rings (SSSR count). The van der Waals surface area contributed by atoms with E-state index in [1.54, 1.807) is 6.92 Å². The monoisotopic (exact) mass is 357 g/mol.